The average Bonchev–Trinajstić information content (AvgIpc) is 2.39. The van der Waals surface area contributed by atoms with E-state index in [1.807, 2.05) is 13.0 Å². The molecule has 1 saturated heterocycles. The molecule has 0 N–H and O–H groups in total. The van der Waals surface area contributed by atoms with Crippen LogP contribution in [0.15, 0.2) is 42.6 Å². The minimum absolute atomic E-state index is 0.00445. The smallest absolute Gasteiger partial charge is 0.246 e. The molecule has 4 heteroatoms. The molecule has 0 unspecified atom stereocenters. The zero-order valence-electron chi connectivity index (χ0n) is 10.3. The Morgan fingerprint density at radius 1 is 1.12 bits per heavy atom. The fourth-order valence-corrected chi connectivity index (χ4v) is 1.70. The van der Waals surface area contributed by atoms with E-state index in [2.05, 4.69) is 23.1 Å². The molecule has 0 aromatic rings. The summed E-state index contributed by atoms with van der Waals surface area (Å²) in [4.78, 5) is 19.6. The van der Waals surface area contributed by atoms with Crippen LogP contribution in [-0.2, 0) is 4.79 Å². The van der Waals surface area contributed by atoms with Crippen LogP contribution in [0.25, 0.3) is 0 Å². The molecule has 0 atom stereocenters. The van der Waals surface area contributed by atoms with E-state index in [0.29, 0.717) is 13.1 Å². The first-order chi connectivity index (χ1) is 8.22. The van der Waals surface area contributed by atoms with Crippen LogP contribution in [-0.4, -0.2) is 47.7 Å². The number of allylic oxidation sites excluding steroid dienone is 1. The van der Waals surface area contributed by atoms with E-state index in [9.17, 15) is 4.79 Å². The normalized spacial score (nSPS) is 17.4. The second-order valence-electron chi connectivity index (χ2n) is 3.69. The molecule has 1 rings (SSSR count). The monoisotopic (exact) mass is 233 g/mol. The Bertz CT molecular complexity index is 350. The summed E-state index contributed by atoms with van der Waals surface area (Å²) < 4.78 is 0. The molecule has 0 spiro atoms. The number of hydrogen-bond donors (Lipinski definition) is 0. The van der Waals surface area contributed by atoms with Crippen molar-refractivity contribution in [3.05, 3.63) is 37.6 Å². The maximum atomic E-state index is 11.4. The SMILES string of the molecule is C=CC(=O)N1CCN(/C(C=C)=N/C=C\C)CC1. The number of amidine groups is 1. The third-order valence-corrected chi connectivity index (χ3v) is 2.63. The quantitative estimate of drug-likeness (QED) is 0.420. The molecule has 17 heavy (non-hydrogen) atoms. The molecule has 0 radical (unpaired) electrons. The Labute approximate surface area is 103 Å². The van der Waals surface area contributed by atoms with Crippen LogP contribution in [0.4, 0.5) is 0 Å². The molecule has 1 heterocycles. The van der Waals surface area contributed by atoms with Gasteiger partial charge in [0.25, 0.3) is 0 Å². The molecule has 4 nitrogen and oxygen atoms in total. The first kappa shape index (κ1) is 13.2. The molecule has 0 aromatic carbocycles. The van der Waals surface area contributed by atoms with Gasteiger partial charge in [0.15, 0.2) is 0 Å². The van der Waals surface area contributed by atoms with E-state index in [4.69, 9.17) is 0 Å². The van der Waals surface area contributed by atoms with Crippen molar-refractivity contribution in [1.29, 1.82) is 0 Å². The predicted octanol–water partition coefficient (Wildman–Crippen LogP) is 1.43. The first-order valence-electron chi connectivity index (χ1n) is 5.70. The van der Waals surface area contributed by atoms with Crippen LogP contribution < -0.4 is 0 Å². The highest BCUT2D eigenvalue weighted by atomic mass is 16.2. The van der Waals surface area contributed by atoms with Crippen LogP contribution in [0, 0.1) is 0 Å². The van der Waals surface area contributed by atoms with E-state index < -0.39 is 0 Å². The van der Waals surface area contributed by atoms with E-state index >= 15 is 0 Å². The number of aliphatic imine (C=N–C) groups is 1. The molecule has 92 valence electrons. The largest absolute Gasteiger partial charge is 0.353 e. The number of hydrogen-bond acceptors (Lipinski definition) is 2. The summed E-state index contributed by atoms with van der Waals surface area (Å²) in [5.74, 6) is 0.851. The third kappa shape index (κ3) is 3.59. The minimum Gasteiger partial charge on any atom is -0.353 e. The molecular weight excluding hydrogens is 214 g/mol. The topological polar surface area (TPSA) is 35.9 Å². The zero-order valence-corrected chi connectivity index (χ0v) is 10.3. The molecule has 1 aliphatic heterocycles. The highest BCUT2D eigenvalue weighted by Gasteiger charge is 2.20. The van der Waals surface area contributed by atoms with Crippen molar-refractivity contribution < 1.29 is 4.79 Å². The Balaban J connectivity index is 2.59. The van der Waals surface area contributed by atoms with E-state index in [0.717, 1.165) is 18.9 Å². The van der Waals surface area contributed by atoms with Crippen molar-refractivity contribution >= 4 is 11.7 Å². The molecule has 0 saturated carbocycles. The average molecular weight is 233 g/mol. The molecular formula is C13H19N3O. The van der Waals surface area contributed by atoms with Crippen molar-refractivity contribution in [2.24, 2.45) is 4.99 Å². The van der Waals surface area contributed by atoms with Gasteiger partial charge in [0.1, 0.15) is 5.84 Å². The van der Waals surface area contributed by atoms with Crippen LogP contribution in [0.1, 0.15) is 6.92 Å². The number of piperazine rings is 1. The van der Waals surface area contributed by atoms with E-state index in [-0.39, 0.29) is 5.91 Å². The van der Waals surface area contributed by atoms with Gasteiger partial charge < -0.3 is 9.80 Å². The molecule has 0 aromatic heterocycles. The van der Waals surface area contributed by atoms with Gasteiger partial charge in [-0.15, -0.1) is 0 Å². The third-order valence-electron chi connectivity index (χ3n) is 2.63. The predicted molar refractivity (Wildman–Crippen MR) is 70.8 cm³/mol. The number of rotatable bonds is 3. The van der Waals surface area contributed by atoms with Gasteiger partial charge in [-0.2, -0.15) is 0 Å². The highest BCUT2D eigenvalue weighted by molar-refractivity contribution is 5.93. The summed E-state index contributed by atoms with van der Waals surface area (Å²) in [6, 6.07) is 0. The van der Waals surface area contributed by atoms with E-state index in [1.165, 1.54) is 6.08 Å². The fraction of sp³-hybridized carbons (Fsp3) is 0.385. The molecule has 1 fully saturated rings. The fourth-order valence-electron chi connectivity index (χ4n) is 1.70. The molecule has 0 bridgehead atoms. The first-order valence-corrected chi connectivity index (χ1v) is 5.70. The lowest BCUT2D eigenvalue weighted by Gasteiger charge is -2.35. The summed E-state index contributed by atoms with van der Waals surface area (Å²) in [6.07, 6.45) is 6.72. The second-order valence-corrected chi connectivity index (χ2v) is 3.69. The number of nitrogens with zero attached hydrogens (tertiary/aromatic N) is 3. The van der Waals surface area contributed by atoms with Crippen LogP contribution >= 0.6 is 0 Å². The Morgan fingerprint density at radius 2 is 1.71 bits per heavy atom. The van der Waals surface area contributed by atoms with Gasteiger partial charge in [0, 0.05) is 32.4 Å². The van der Waals surface area contributed by atoms with Gasteiger partial charge >= 0.3 is 0 Å². The standard InChI is InChI=1S/C13H19N3O/c1-4-7-14-12(5-2)15-8-10-16(11-9-15)13(17)6-3/h4-7H,2-3,8-11H2,1H3/b7-4-,14-12+. The lowest BCUT2D eigenvalue weighted by atomic mass is 10.3. The molecule has 0 aliphatic carbocycles. The molecule has 1 amide bonds. The number of amides is 1. The van der Waals surface area contributed by atoms with E-state index in [1.54, 1.807) is 17.2 Å². The van der Waals surface area contributed by atoms with Crippen molar-refractivity contribution in [2.75, 3.05) is 26.2 Å². The van der Waals surface area contributed by atoms with Crippen molar-refractivity contribution in [2.45, 2.75) is 6.92 Å². The van der Waals surface area contributed by atoms with Crippen molar-refractivity contribution in [1.82, 2.24) is 9.80 Å². The van der Waals surface area contributed by atoms with Crippen LogP contribution in [0.5, 0.6) is 0 Å². The molecule has 1 aliphatic rings. The van der Waals surface area contributed by atoms with Crippen molar-refractivity contribution in [3.8, 4) is 0 Å². The van der Waals surface area contributed by atoms with Gasteiger partial charge in [-0.3, -0.25) is 4.79 Å². The van der Waals surface area contributed by atoms with Gasteiger partial charge in [0.05, 0.1) is 0 Å². The zero-order chi connectivity index (χ0) is 12.7. The van der Waals surface area contributed by atoms with Gasteiger partial charge in [-0.25, -0.2) is 4.99 Å². The second kappa shape index (κ2) is 6.68. The highest BCUT2D eigenvalue weighted by Crippen LogP contribution is 2.04. The summed E-state index contributed by atoms with van der Waals surface area (Å²) in [6.45, 7) is 12.1. The van der Waals surface area contributed by atoms with Crippen molar-refractivity contribution in [3.63, 3.8) is 0 Å². The summed E-state index contributed by atoms with van der Waals surface area (Å²) >= 11 is 0. The Morgan fingerprint density at radius 3 is 2.18 bits per heavy atom. The lowest BCUT2D eigenvalue weighted by Crippen LogP contribution is -2.49. The lowest BCUT2D eigenvalue weighted by molar-refractivity contribution is -0.127. The summed E-state index contributed by atoms with van der Waals surface area (Å²) in [5.41, 5.74) is 0. The van der Waals surface area contributed by atoms with Gasteiger partial charge in [-0.05, 0) is 19.1 Å². The number of carbonyl (C=O) groups excluding carboxylic acids is 1. The minimum atomic E-state index is -0.00445. The summed E-state index contributed by atoms with van der Waals surface area (Å²) in [7, 11) is 0. The Hall–Kier alpha value is -1.84. The van der Waals surface area contributed by atoms with Crippen LogP contribution in [0.3, 0.4) is 0 Å². The van der Waals surface area contributed by atoms with Gasteiger partial charge in [0.2, 0.25) is 5.91 Å². The Kier molecular flexibility index (Phi) is 5.20. The van der Waals surface area contributed by atoms with Gasteiger partial charge in [-0.1, -0.05) is 19.2 Å². The van der Waals surface area contributed by atoms with Crippen LogP contribution in [0.2, 0.25) is 0 Å². The number of carbonyl (C=O) groups is 1. The maximum Gasteiger partial charge on any atom is 0.246 e. The summed E-state index contributed by atoms with van der Waals surface area (Å²) in [5, 5.41) is 0. The maximum absolute atomic E-state index is 11.4.